The van der Waals surface area contributed by atoms with E-state index < -0.39 is 0 Å². The van der Waals surface area contributed by atoms with Crippen molar-refractivity contribution in [2.75, 3.05) is 46.9 Å². The summed E-state index contributed by atoms with van der Waals surface area (Å²) in [5.41, 5.74) is 0.171. The second-order valence-corrected chi connectivity index (χ2v) is 7.82. The molecule has 2 atom stereocenters. The number of aromatic nitrogens is 1. The lowest BCUT2D eigenvalue weighted by Crippen LogP contribution is -2.47. The standard InChI is InChI=1S/C16H25N3O3S/c1-12-17-14(9-23-12)15(20)19-6-7-21-11-16(10-19)5-4-13(22-16)8-18(2)3/h9,13H,4-8,10-11H2,1-3H3/t13-,16+/m0/s1. The Kier molecular flexibility index (Phi) is 5.01. The van der Waals surface area contributed by atoms with Crippen molar-refractivity contribution >= 4 is 17.2 Å². The van der Waals surface area contributed by atoms with Crippen molar-refractivity contribution in [3.63, 3.8) is 0 Å². The molecule has 23 heavy (non-hydrogen) atoms. The molecule has 2 saturated heterocycles. The van der Waals surface area contributed by atoms with E-state index in [0.29, 0.717) is 32.0 Å². The Morgan fingerprint density at radius 2 is 2.39 bits per heavy atom. The Morgan fingerprint density at radius 1 is 1.57 bits per heavy atom. The van der Waals surface area contributed by atoms with Gasteiger partial charge in [0.1, 0.15) is 11.3 Å². The van der Waals surface area contributed by atoms with Crippen LogP contribution in [-0.2, 0) is 9.47 Å². The van der Waals surface area contributed by atoms with Gasteiger partial charge in [0.2, 0.25) is 0 Å². The molecule has 0 aromatic carbocycles. The molecule has 1 aromatic heterocycles. The van der Waals surface area contributed by atoms with Crippen LogP contribution in [0.1, 0.15) is 28.3 Å². The summed E-state index contributed by atoms with van der Waals surface area (Å²) in [7, 11) is 4.11. The summed E-state index contributed by atoms with van der Waals surface area (Å²) in [6.07, 6.45) is 2.16. The summed E-state index contributed by atoms with van der Waals surface area (Å²) in [6, 6.07) is 0. The van der Waals surface area contributed by atoms with E-state index >= 15 is 0 Å². The number of carbonyl (C=O) groups excluding carboxylic acids is 1. The minimum Gasteiger partial charge on any atom is -0.377 e. The largest absolute Gasteiger partial charge is 0.377 e. The summed E-state index contributed by atoms with van der Waals surface area (Å²) >= 11 is 1.51. The molecule has 2 aliphatic rings. The van der Waals surface area contributed by atoms with Gasteiger partial charge in [-0.3, -0.25) is 4.79 Å². The van der Waals surface area contributed by atoms with Crippen LogP contribution in [0.4, 0.5) is 0 Å². The van der Waals surface area contributed by atoms with E-state index in [9.17, 15) is 4.79 Å². The molecule has 1 aromatic rings. The predicted octanol–water partition coefficient (Wildman–Crippen LogP) is 1.40. The predicted molar refractivity (Wildman–Crippen MR) is 89.0 cm³/mol. The molecule has 2 aliphatic heterocycles. The number of aryl methyl sites for hydroxylation is 1. The lowest BCUT2D eigenvalue weighted by molar-refractivity contribution is -0.0878. The highest BCUT2D eigenvalue weighted by molar-refractivity contribution is 7.09. The van der Waals surface area contributed by atoms with E-state index in [-0.39, 0.29) is 17.6 Å². The van der Waals surface area contributed by atoms with Gasteiger partial charge in [0, 0.05) is 18.5 Å². The Labute approximate surface area is 141 Å². The lowest BCUT2D eigenvalue weighted by atomic mass is 10.00. The molecule has 2 fully saturated rings. The highest BCUT2D eigenvalue weighted by atomic mass is 32.1. The third-order valence-electron chi connectivity index (χ3n) is 4.38. The molecule has 0 aliphatic carbocycles. The number of rotatable bonds is 3. The second kappa shape index (κ2) is 6.84. The van der Waals surface area contributed by atoms with Crippen LogP contribution in [0.2, 0.25) is 0 Å². The van der Waals surface area contributed by atoms with Gasteiger partial charge in [-0.05, 0) is 33.9 Å². The Morgan fingerprint density at radius 3 is 3.09 bits per heavy atom. The number of hydrogen-bond donors (Lipinski definition) is 0. The SMILES string of the molecule is Cc1nc(C(=O)N2CCOC[C@@]3(CC[C@@H](CN(C)C)O3)C2)cs1. The van der Waals surface area contributed by atoms with Gasteiger partial charge in [0.25, 0.3) is 5.91 Å². The highest BCUT2D eigenvalue weighted by Crippen LogP contribution is 2.33. The smallest absolute Gasteiger partial charge is 0.273 e. The quantitative estimate of drug-likeness (QED) is 0.833. The van der Waals surface area contributed by atoms with Crippen molar-refractivity contribution in [2.24, 2.45) is 0 Å². The summed E-state index contributed by atoms with van der Waals surface area (Å²) in [5, 5.41) is 2.75. The Balaban J connectivity index is 1.70. The number of amides is 1. The molecule has 3 rings (SSSR count). The van der Waals surface area contributed by atoms with Crippen molar-refractivity contribution in [1.82, 2.24) is 14.8 Å². The second-order valence-electron chi connectivity index (χ2n) is 6.75. The molecule has 0 radical (unpaired) electrons. The molecule has 6 nitrogen and oxygen atoms in total. The van der Waals surface area contributed by atoms with Crippen LogP contribution in [0.25, 0.3) is 0 Å². The summed E-state index contributed by atoms with van der Waals surface area (Å²) in [5.74, 6) is -0.0149. The maximum Gasteiger partial charge on any atom is 0.273 e. The van der Waals surface area contributed by atoms with E-state index in [4.69, 9.17) is 9.47 Å². The Bertz CT molecular complexity index is 563. The van der Waals surface area contributed by atoms with Gasteiger partial charge in [-0.2, -0.15) is 0 Å². The van der Waals surface area contributed by atoms with Crippen LogP contribution in [-0.4, -0.2) is 79.3 Å². The maximum atomic E-state index is 12.7. The molecule has 7 heteroatoms. The first kappa shape index (κ1) is 16.8. The van der Waals surface area contributed by atoms with Crippen molar-refractivity contribution in [1.29, 1.82) is 0 Å². The zero-order valence-corrected chi connectivity index (χ0v) is 14.9. The third-order valence-corrected chi connectivity index (χ3v) is 5.16. The molecular weight excluding hydrogens is 314 g/mol. The van der Waals surface area contributed by atoms with E-state index in [1.54, 1.807) is 0 Å². The van der Waals surface area contributed by atoms with Crippen LogP contribution in [0.5, 0.6) is 0 Å². The molecule has 1 amide bonds. The van der Waals surface area contributed by atoms with Crippen LogP contribution >= 0.6 is 11.3 Å². The zero-order chi connectivity index (χ0) is 16.4. The van der Waals surface area contributed by atoms with E-state index in [2.05, 4.69) is 24.0 Å². The first-order valence-corrected chi connectivity index (χ1v) is 8.97. The molecule has 0 bridgehead atoms. The third kappa shape index (κ3) is 3.91. The van der Waals surface area contributed by atoms with Gasteiger partial charge in [0.05, 0.1) is 30.9 Å². The van der Waals surface area contributed by atoms with Crippen LogP contribution in [0.15, 0.2) is 5.38 Å². The molecule has 0 unspecified atom stereocenters. The fraction of sp³-hybridized carbons (Fsp3) is 0.750. The van der Waals surface area contributed by atoms with E-state index in [1.165, 1.54) is 11.3 Å². The zero-order valence-electron chi connectivity index (χ0n) is 14.1. The average Bonchev–Trinajstić information content (AvgIpc) is 3.01. The molecule has 1 spiro atoms. The molecule has 3 heterocycles. The summed E-state index contributed by atoms with van der Waals surface area (Å²) in [4.78, 5) is 21.0. The van der Waals surface area contributed by atoms with Crippen LogP contribution in [0.3, 0.4) is 0 Å². The number of hydrogen-bond acceptors (Lipinski definition) is 6. The normalized spacial score (nSPS) is 28.5. The Hall–Kier alpha value is -1.02. The monoisotopic (exact) mass is 339 g/mol. The van der Waals surface area contributed by atoms with Gasteiger partial charge in [-0.25, -0.2) is 4.98 Å². The van der Waals surface area contributed by atoms with E-state index in [1.807, 2.05) is 17.2 Å². The van der Waals surface area contributed by atoms with Gasteiger partial charge in [0.15, 0.2) is 0 Å². The minimum atomic E-state index is -0.363. The maximum absolute atomic E-state index is 12.7. The van der Waals surface area contributed by atoms with Crippen LogP contribution < -0.4 is 0 Å². The van der Waals surface area contributed by atoms with Gasteiger partial charge >= 0.3 is 0 Å². The fourth-order valence-electron chi connectivity index (χ4n) is 3.36. The summed E-state index contributed by atoms with van der Waals surface area (Å²) < 4.78 is 12.1. The number of ether oxygens (including phenoxy) is 2. The van der Waals surface area contributed by atoms with Gasteiger partial charge in [-0.1, -0.05) is 0 Å². The first-order chi connectivity index (χ1) is 11.0. The van der Waals surface area contributed by atoms with Crippen molar-refractivity contribution in [2.45, 2.75) is 31.5 Å². The van der Waals surface area contributed by atoms with Gasteiger partial charge in [-0.15, -0.1) is 11.3 Å². The molecule has 0 N–H and O–H groups in total. The van der Waals surface area contributed by atoms with Crippen LogP contribution in [0, 0.1) is 6.92 Å². The average molecular weight is 339 g/mol. The first-order valence-electron chi connectivity index (χ1n) is 8.09. The molecular formula is C16H25N3O3S. The number of thiazole rings is 1. The van der Waals surface area contributed by atoms with Crippen molar-refractivity contribution in [3.8, 4) is 0 Å². The van der Waals surface area contributed by atoms with Crippen molar-refractivity contribution in [3.05, 3.63) is 16.1 Å². The fourth-order valence-corrected chi connectivity index (χ4v) is 3.94. The summed E-state index contributed by atoms with van der Waals surface area (Å²) in [6.45, 7) is 5.13. The highest BCUT2D eigenvalue weighted by Gasteiger charge is 2.44. The minimum absolute atomic E-state index is 0.0149. The van der Waals surface area contributed by atoms with Crippen molar-refractivity contribution < 1.29 is 14.3 Å². The molecule has 128 valence electrons. The number of likely N-dealkylation sites (N-methyl/N-ethyl adjacent to an activating group) is 1. The topological polar surface area (TPSA) is 54.9 Å². The molecule has 0 saturated carbocycles. The van der Waals surface area contributed by atoms with Gasteiger partial charge < -0.3 is 19.3 Å². The number of carbonyl (C=O) groups is 1. The van der Waals surface area contributed by atoms with E-state index in [0.717, 1.165) is 24.4 Å². The number of nitrogens with zero attached hydrogens (tertiary/aromatic N) is 3. The lowest BCUT2D eigenvalue weighted by Gasteiger charge is -2.32.